The maximum Gasteiger partial charge on any atom is 0.161 e. The summed E-state index contributed by atoms with van der Waals surface area (Å²) in [7, 11) is 3.80. The van der Waals surface area contributed by atoms with Crippen LogP contribution in [0.5, 0.6) is 11.5 Å². The first-order valence-corrected chi connectivity index (χ1v) is 8.57. The van der Waals surface area contributed by atoms with Gasteiger partial charge in [0.1, 0.15) is 6.61 Å². The SMILES string of the molecule is COc1cc(/C=N/N2CCN(C)CC2)ccc1OCc1ccccc1.Cl. The molecule has 6 heteroatoms. The molecule has 0 unspecified atom stereocenters. The zero-order valence-corrected chi connectivity index (χ0v) is 16.1. The van der Waals surface area contributed by atoms with E-state index in [1.807, 2.05) is 54.7 Å². The lowest BCUT2D eigenvalue weighted by Gasteiger charge is -2.30. The van der Waals surface area contributed by atoms with Crippen LogP contribution in [0.15, 0.2) is 53.6 Å². The number of piperazine rings is 1. The average molecular weight is 376 g/mol. The molecular formula is C20H26ClN3O2. The van der Waals surface area contributed by atoms with Crippen LogP contribution >= 0.6 is 12.4 Å². The summed E-state index contributed by atoms with van der Waals surface area (Å²) in [5.74, 6) is 1.46. The Morgan fingerprint density at radius 3 is 2.42 bits per heavy atom. The number of rotatable bonds is 6. The Labute approximate surface area is 161 Å². The fourth-order valence-corrected chi connectivity index (χ4v) is 2.68. The van der Waals surface area contributed by atoms with E-state index in [4.69, 9.17) is 9.47 Å². The highest BCUT2D eigenvalue weighted by Crippen LogP contribution is 2.28. The number of benzene rings is 2. The summed E-state index contributed by atoms with van der Waals surface area (Å²) in [5.41, 5.74) is 2.13. The Morgan fingerprint density at radius 2 is 1.73 bits per heavy atom. The Bertz CT molecular complexity index is 701. The molecule has 0 bridgehead atoms. The van der Waals surface area contributed by atoms with E-state index in [2.05, 4.69) is 22.1 Å². The van der Waals surface area contributed by atoms with Gasteiger partial charge in [0.2, 0.25) is 0 Å². The molecule has 0 amide bonds. The van der Waals surface area contributed by atoms with Crippen molar-refractivity contribution in [2.75, 3.05) is 40.3 Å². The van der Waals surface area contributed by atoms with E-state index in [1.54, 1.807) is 7.11 Å². The number of nitrogens with zero attached hydrogens (tertiary/aromatic N) is 3. The van der Waals surface area contributed by atoms with Crippen molar-refractivity contribution in [1.82, 2.24) is 9.91 Å². The molecule has 0 aromatic heterocycles. The normalized spacial score (nSPS) is 14.9. The van der Waals surface area contributed by atoms with Crippen LogP contribution in [0.25, 0.3) is 0 Å². The number of hydrazone groups is 1. The van der Waals surface area contributed by atoms with Gasteiger partial charge in [0, 0.05) is 26.2 Å². The van der Waals surface area contributed by atoms with Gasteiger partial charge in [-0.25, -0.2) is 0 Å². The molecule has 1 aliphatic heterocycles. The third-order valence-electron chi connectivity index (χ3n) is 4.27. The van der Waals surface area contributed by atoms with Crippen molar-refractivity contribution in [3.05, 3.63) is 59.7 Å². The van der Waals surface area contributed by atoms with Gasteiger partial charge in [-0.15, -0.1) is 12.4 Å². The number of methoxy groups -OCH3 is 1. The van der Waals surface area contributed by atoms with Gasteiger partial charge >= 0.3 is 0 Å². The van der Waals surface area contributed by atoms with Crippen molar-refractivity contribution in [3.8, 4) is 11.5 Å². The maximum absolute atomic E-state index is 5.89. The Balaban J connectivity index is 0.00000243. The second kappa shape index (κ2) is 10.0. The highest BCUT2D eigenvalue weighted by molar-refractivity contribution is 5.85. The topological polar surface area (TPSA) is 37.3 Å². The molecule has 26 heavy (non-hydrogen) atoms. The van der Waals surface area contributed by atoms with E-state index in [9.17, 15) is 0 Å². The van der Waals surface area contributed by atoms with Crippen LogP contribution < -0.4 is 9.47 Å². The lowest BCUT2D eigenvalue weighted by atomic mass is 10.2. The summed E-state index contributed by atoms with van der Waals surface area (Å²) in [6.45, 7) is 4.54. The Morgan fingerprint density at radius 1 is 1.00 bits per heavy atom. The standard InChI is InChI=1S/C20H25N3O2.ClH/c1-22-10-12-23(13-11-22)21-15-18-8-9-19(20(14-18)24-2)25-16-17-6-4-3-5-7-17;/h3-9,14-15H,10-13,16H2,1-2H3;1H/b21-15+;. The van der Waals surface area contributed by atoms with Crippen molar-refractivity contribution in [2.24, 2.45) is 5.10 Å². The molecule has 0 radical (unpaired) electrons. The van der Waals surface area contributed by atoms with E-state index in [-0.39, 0.29) is 12.4 Å². The molecular weight excluding hydrogens is 350 g/mol. The zero-order valence-electron chi connectivity index (χ0n) is 15.3. The Kier molecular flexibility index (Phi) is 7.75. The number of ether oxygens (including phenoxy) is 2. The van der Waals surface area contributed by atoms with E-state index in [0.29, 0.717) is 6.61 Å². The number of hydrogen-bond donors (Lipinski definition) is 0. The van der Waals surface area contributed by atoms with Gasteiger partial charge < -0.3 is 14.4 Å². The minimum atomic E-state index is 0. The zero-order chi connectivity index (χ0) is 17.5. The van der Waals surface area contributed by atoms with Crippen molar-refractivity contribution in [3.63, 3.8) is 0 Å². The molecule has 0 spiro atoms. The minimum absolute atomic E-state index is 0. The predicted octanol–water partition coefficient (Wildman–Crippen LogP) is 3.28. The van der Waals surface area contributed by atoms with Gasteiger partial charge in [-0.05, 0) is 36.4 Å². The summed E-state index contributed by atoms with van der Waals surface area (Å²) in [4.78, 5) is 2.31. The fraction of sp³-hybridized carbons (Fsp3) is 0.350. The fourth-order valence-electron chi connectivity index (χ4n) is 2.68. The van der Waals surface area contributed by atoms with Gasteiger partial charge in [-0.2, -0.15) is 5.10 Å². The lowest BCUT2D eigenvalue weighted by molar-refractivity contribution is 0.159. The molecule has 1 heterocycles. The highest BCUT2D eigenvalue weighted by Gasteiger charge is 2.11. The van der Waals surface area contributed by atoms with Crippen LogP contribution in [0.4, 0.5) is 0 Å². The van der Waals surface area contributed by atoms with Crippen LogP contribution in [-0.2, 0) is 6.61 Å². The van der Waals surface area contributed by atoms with Gasteiger partial charge in [0.15, 0.2) is 11.5 Å². The lowest BCUT2D eigenvalue weighted by Crippen LogP contribution is -2.41. The molecule has 0 N–H and O–H groups in total. The second-order valence-electron chi connectivity index (χ2n) is 6.19. The van der Waals surface area contributed by atoms with Crippen molar-refractivity contribution >= 4 is 18.6 Å². The van der Waals surface area contributed by atoms with E-state index >= 15 is 0 Å². The minimum Gasteiger partial charge on any atom is -0.493 e. The monoisotopic (exact) mass is 375 g/mol. The quantitative estimate of drug-likeness (QED) is 0.726. The molecule has 2 aromatic rings. The van der Waals surface area contributed by atoms with Gasteiger partial charge in [-0.1, -0.05) is 30.3 Å². The third-order valence-corrected chi connectivity index (χ3v) is 4.27. The smallest absolute Gasteiger partial charge is 0.161 e. The molecule has 0 saturated carbocycles. The Hall–Kier alpha value is -2.24. The maximum atomic E-state index is 5.89. The molecule has 1 fully saturated rings. The number of likely N-dealkylation sites (N-methyl/N-ethyl adjacent to an activating group) is 1. The molecule has 0 aliphatic carbocycles. The van der Waals surface area contributed by atoms with Crippen LogP contribution in [0.2, 0.25) is 0 Å². The van der Waals surface area contributed by atoms with Crippen LogP contribution in [-0.4, -0.2) is 56.5 Å². The van der Waals surface area contributed by atoms with Crippen LogP contribution in [0.1, 0.15) is 11.1 Å². The van der Waals surface area contributed by atoms with E-state index in [1.165, 1.54) is 0 Å². The molecule has 140 valence electrons. The van der Waals surface area contributed by atoms with Crippen molar-refractivity contribution < 1.29 is 9.47 Å². The first-order chi connectivity index (χ1) is 12.2. The number of hydrogen-bond acceptors (Lipinski definition) is 5. The van der Waals surface area contributed by atoms with E-state index < -0.39 is 0 Å². The van der Waals surface area contributed by atoms with E-state index in [0.717, 1.165) is 48.8 Å². The van der Waals surface area contributed by atoms with Crippen LogP contribution in [0, 0.1) is 0 Å². The largest absolute Gasteiger partial charge is 0.493 e. The summed E-state index contributed by atoms with van der Waals surface area (Å²) >= 11 is 0. The highest BCUT2D eigenvalue weighted by atomic mass is 35.5. The van der Waals surface area contributed by atoms with Gasteiger partial charge in [0.05, 0.1) is 13.3 Å². The molecule has 0 atom stereocenters. The van der Waals surface area contributed by atoms with Gasteiger partial charge in [-0.3, -0.25) is 5.01 Å². The summed E-state index contributed by atoms with van der Waals surface area (Å²) in [6, 6.07) is 16.0. The second-order valence-corrected chi connectivity index (χ2v) is 6.19. The predicted molar refractivity (Wildman–Crippen MR) is 108 cm³/mol. The molecule has 3 rings (SSSR count). The van der Waals surface area contributed by atoms with Gasteiger partial charge in [0.25, 0.3) is 0 Å². The summed E-state index contributed by atoms with van der Waals surface area (Å²) in [6.07, 6.45) is 1.88. The molecule has 2 aromatic carbocycles. The average Bonchev–Trinajstić information content (AvgIpc) is 2.67. The van der Waals surface area contributed by atoms with Crippen molar-refractivity contribution in [2.45, 2.75) is 6.61 Å². The summed E-state index contributed by atoms with van der Waals surface area (Å²) < 4.78 is 11.4. The number of halogens is 1. The third kappa shape index (κ3) is 5.64. The molecule has 1 saturated heterocycles. The van der Waals surface area contributed by atoms with Crippen LogP contribution in [0.3, 0.4) is 0 Å². The molecule has 5 nitrogen and oxygen atoms in total. The summed E-state index contributed by atoms with van der Waals surface area (Å²) in [5, 5.41) is 6.68. The van der Waals surface area contributed by atoms with Crippen molar-refractivity contribution in [1.29, 1.82) is 0 Å². The first kappa shape index (κ1) is 20.1. The first-order valence-electron chi connectivity index (χ1n) is 8.57. The molecule has 1 aliphatic rings.